The molecule has 96 valence electrons. The Kier molecular flexibility index (Phi) is 3.54. The summed E-state index contributed by atoms with van der Waals surface area (Å²) < 4.78 is 2.64. The molecule has 1 heterocycles. The summed E-state index contributed by atoms with van der Waals surface area (Å²) in [6.45, 7) is 0.773. The molecule has 2 aromatic rings. The minimum atomic E-state index is -0.344. The van der Waals surface area contributed by atoms with Gasteiger partial charge in [-0.3, -0.25) is 13.9 Å². The average molecular weight is 268 g/mol. The van der Waals surface area contributed by atoms with Crippen LogP contribution in [0.2, 0.25) is 5.02 Å². The number of aromatic nitrogens is 2. The highest BCUT2D eigenvalue weighted by Gasteiger charge is 2.10. The molecular formula is C12H14ClN3O2. The van der Waals surface area contributed by atoms with Crippen molar-refractivity contribution in [3.05, 3.63) is 44.1 Å². The highest BCUT2D eigenvalue weighted by Crippen LogP contribution is 2.14. The maximum absolute atomic E-state index is 12.2. The number of hydrogen-bond acceptors (Lipinski definition) is 3. The fourth-order valence-corrected chi connectivity index (χ4v) is 2.09. The Labute approximate surface area is 108 Å². The molecule has 2 rings (SSSR count). The summed E-state index contributed by atoms with van der Waals surface area (Å²) in [7, 11) is 1.62. The van der Waals surface area contributed by atoms with Crippen molar-refractivity contribution >= 4 is 22.5 Å². The van der Waals surface area contributed by atoms with Crippen molar-refractivity contribution in [1.29, 1.82) is 0 Å². The second-order valence-corrected chi connectivity index (χ2v) is 4.54. The fraction of sp³-hybridized carbons (Fsp3) is 0.333. The second-order valence-electron chi connectivity index (χ2n) is 4.10. The Balaban J connectivity index is 2.80. The van der Waals surface area contributed by atoms with E-state index >= 15 is 0 Å². The van der Waals surface area contributed by atoms with Gasteiger partial charge in [-0.05, 0) is 31.2 Å². The van der Waals surface area contributed by atoms with Crippen molar-refractivity contribution in [2.45, 2.75) is 13.0 Å². The maximum Gasteiger partial charge on any atom is 0.331 e. The molecule has 0 bridgehead atoms. The fourth-order valence-electron chi connectivity index (χ4n) is 1.93. The smallest absolute Gasteiger partial charge is 0.330 e. The lowest BCUT2D eigenvalue weighted by Crippen LogP contribution is -2.39. The summed E-state index contributed by atoms with van der Waals surface area (Å²) in [5.74, 6) is 0. The van der Waals surface area contributed by atoms with Crippen LogP contribution in [0.5, 0.6) is 0 Å². The van der Waals surface area contributed by atoms with Crippen LogP contribution in [0.25, 0.3) is 10.9 Å². The van der Waals surface area contributed by atoms with Crippen LogP contribution < -0.4 is 17.0 Å². The van der Waals surface area contributed by atoms with E-state index < -0.39 is 0 Å². The van der Waals surface area contributed by atoms with Gasteiger partial charge in [-0.1, -0.05) is 11.6 Å². The Hall–Kier alpha value is -1.59. The van der Waals surface area contributed by atoms with Crippen LogP contribution in [0.4, 0.5) is 0 Å². The van der Waals surface area contributed by atoms with Crippen LogP contribution in [-0.2, 0) is 13.6 Å². The number of hydrogen-bond donors (Lipinski definition) is 1. The van der Waals surface area contributed by atoms with Crippen LogP contribution in [0.3, 0.4) is 0 Å². The Morgan fingerprint density at radius 1 is 1.33 bits per heavy atom. The van der Waals surface area contributed by atoms with Crippen LogP contribution >= 0.6 is 11.6 Å². The summed E-state index contributed by atoms with van der Waals surface area (Å²) in [6, 6.07) is 4.90. The van der Waals surface area contributed by atoms with Crippen molar-refractivity contribution in [2.75, 3.05) is 6.54 Å². The SMILES string of the molecule is Cn1c(=O)n(CCCN)c(=O)c2ccc(Cl)cc21. The van der Waals surface area contributed by atoms with Crippen molar-refractivity contribution in [1.82, 2.24) is 9.13 Å². The topological polar surface area (TPSA) is 70.0 Å². The molecule has 1 aromatic heterocycles. The number of benzene rings is 1. The number of halogens is 1. The lowest BCUT2D eigenvalue weighted by atomic mass is 10.2. The summed E-state index contributed by atoms with van der Waals surface area (Å²) in [5.41, 5.74) is 5.31. The molecule has 0 aliphatic carbocycles. The first-order chi connectivity index (χ1) is 8.56. The van der Waals surface area contributed by atoms with Crippen molar-refractivity contribution < 1.29 is 0 Å². The van der Waals surface area contributed by atoms with Crippen molar-refractivity contribution in [3.8, 4) is 0 Å². The highest BCUT2D eigenvalue weighted by molar-refractivity contribution is 6.31. The third kappa shape index (κ3) is 2.07. The van der Waals surface area contributed by atoms with Crippen molar-refractivity contribution in [2.24, 2.45) is 12.8 Å². The third-order valence-corrected chi connectivity index (χ3v) is 3.14. The van der Waals surface area contributed by atoms with E-state index in [0.29, 0.717) is 35.4 Å². The predicted octanol–water partition coefficient (Wildman–Crippen LogP) is 0.702. The van der Waals surface area contributed by atoms with Gasteiger partial charge in [-0.15, -0.1) is 0 Å². The van der Waals surface area contributed by atoms with E-state index in [1.165, 1.54) is 9.13 Å². The molecule has 0 saturated carbocycles. The van der Waals surface area contributed by atoms with Gasteiger partial charge < -0.3 is 5.73 Å². The van der Waals surface area contributed by atoms with Crippen molar-refractivity contribution in [3.63, 3.8) is 0 Å². The first kappa shape index (κ1) is 12.9. The number of nitrogens with two attached hydrogens (primary N) is 1. The summed E-state index contributed by atoms with van der Waals surface area (Å²) in [6.07, 6.45) is 0.592. The molecule has 0 atom stereocenters. The molecule has 0 amide bonds. The van der Waals surface area contributed by atoms with Crippen LogP contribution in [0.1, 0.15) is 6.42 Å². The van der Waals surface area contributed by atoms with E-state index in [-0.39, 0.29) is 11.2 Å². The molecule has 0 saturated heterocycles. The van der Waals surface area contributed by atoms with E-state index in [9.17, 15) is 9.59 Å². The minimum absolute atomic E-state index is 0.293. The molecule has 5 nitrogen and oxygen atoms in total. The van der Waals surface area contributed by atoms with Gasteiger partial charge in [0.2, 0.25) is 0 Å². The van der Waals surface area contributed by atoms with E-state index in [1.54, 1.807) is 25.2 Å². The largest absolute Gasteiger partial charge is 0.331 e. The predicted molar refractivity (Wildman–Crippen MR) is 72.1 cm³/mol. The van der Waals surface area contributed by atoms with E-state index in [4.69, 9.17) is 17.3 Å². The Morgan fingerprint density at radius 3 is 2.72 bits per heavy atom. The quantitative estimate of drug-likeness (QED) is 0.890. The number of rotatable bonds is 3. The summed E-state index contributed by atoms with van der Waals surface area (Å²) >= 11 is 5.88. The van der Waals surface area contributed by atoms with E-state index in [2.05, 4.69) is 0 Å². The molecule has 18 heavy (non-hydrogen) atoms. The molecule has 1 aromatic carbocycles. The molecule has 0 radical (unpaired) electrons. The standard InChI is InChI=1S/C12H14ClN3O2/c1-15-10-7-8(13)3-4-9(10)11(17)16(12(15)18)6-2-5-14/h3-4,7H,2,5-6,14H2,1H3. The third-order valence-electron chi connectivity index (χ3n) is 2.90. The minimum Gasteiger partial charge on any atom is -0.330 e. The molecule has 0 aliphatic rings. The zero-order valence-electron chi connectivity index (χ0n) is 10.0. The zero-order chi connectivity index (χ0) is 13.3. The average Bonchev–Trinajstić information content (AvgIpc) is 2.36. The highest BCUT2D eigenvalue weighted by atomic mass is 35.5. The second kappa shape index (κ2) is 4.96. The molecule has 6 heteroatoms. The van der Waals surface area contributed by atoms with E-state index in [0.717, 1.165) is 0 Å². The first-order valence-electron chi connectivity index (χ1n) is 5.65. The number of fused-ring (bicyclic) bond motifs is 1. The molecule has 2 N–H and O–H groups in total. The molecular weight excluding hydrogens is 254 g/mol. The normalized spacial score (nSPS) is 11.1. The Bertz CT molecular complexity index is 703. The van der Waals surface area contributed by atoms with Gasteiger partial charge in [0, 0.05) is 18.6 Å². The van der Waals surface area contributed by atoms with Gasteiger partial charge in [0.05, 0.1) is 10.9 Å². The monoisotopic (exact) mass is 267 g/mol. The lowest BCUT2D eigenvalue weighted by Gasteiger charge is -2.10. The molecule has 0 fully saturated rings. The zero-order valence-corrected chi connectivity index (χ0v) is 10.8. The summed E-state index contributed by atoms with van der Waals surface area (Å²) in [5, 5.41) is 0.982. The van der Waals surface area contributed by atoms with Crippen LogP contribution in [0.15, 0.2) is 27.8 Å². The first-order valence-corrected chi connectivity index (χ1v) is 6.03. The Morgan fingerprint density at radius 2 is 2.06 bits per heavy atom. The van der Waals surface area contributed by atoms with Gasteiger partial charge in [0.25, 0.3) is 5.56 Å². The van der Waals surface area contributed by atoms with E-state index in [1.807, 2.05) is 0 Å². The lowest BCUT2D eigenvalue weighted by molar-refractivity contribution is 0.579. The number of nitrogens with zero attached hydrogens (tertiary/aromatic N) is 2. The van der Waals surface area contributed by atoms with Gasteiger partial charge in [0.1, 0.15) is 0 Å². The van der Waals surface area contributed by atoms with Crippen LogP contribution in [-0.4, -0.2) is 15.7 Å². The van der Waals surface area contributed by atoms with Gasteiger partial charge in [0.15, 0.2) is 0 Å². The van der Waals surface area contributed by atoms with Crippen LogP contribution in [0, 0.1) is 0 Å². The van der Waals surface area contributed by atoms with Gasteiger partial charge >= 0.3 is 5.69 Å². The van der Waals surface area contributed by atoms with Gasteiger partial charge in [-0.2, -0.15) is 0 Å². The van der Waals surface area contributed by atoms with Gasteiger partial charge in [-0.25, -0.2) is 4.79 Å². The molecule has 0 unspecified atom stereocenters. The summed E-state index contributed by atoms with van der Waals surface area (Å²) in [4.78, 5) is 24.2. The number of aryl methyl sites for hydroxylation is 1. The maximum atomic E-state index is 12.2. The molecule has 0 aliphatic heterocycles. The molecule has 0 spiro atoms.